The molecule has 160 valence electrons. The molecule has 0 atom stereocenters. The van der Waals surface area contributed by atoms with Crippen molar-refractivity contribution in [1.82, 2.24) is 0 Å². The predicted octanol–water partition coefficient (Wildman–Crippen LogP) is 2.79. The van der Waals surface area contributed by atoms with E-state index in [-0.39, 0.29) is 37.9 Å². The van der Waals surface area contributed by atoms with Gasteiger partial charge < -0.3 is 29.9 Å². The third-order valence-electron chi connectivity index (χ3n) is 5.34. The van der Waals surface area contributed by atoms with E-state index in [1.165, 1.54) is 0 Å². The first-order valence-electron chi connectivity index (χ1n) is 9.70. The Labute approximate surface area is 172 Å². The molecule has 29 heavy (non-hydrogen) atoms. The molecule has 0 aliphatic carbocycles. The molecule has 6 nitrogen and oxygen atoms in total. The van der Waals surface area contributed by atoms with Gasteiger partial charge in [0.2, 0.25) is 0 Å². The molecule has 0 spiro atoms. The third-order valence-corrected chi connectivity index (χ3v) is 5.34. The van der Waals surface area contributed by atoms with Gasteiger partial charge in [-0.1, -0.05) is 26.0 Å². The normalized spacial score (nSPS) is 11.8. The summed E-state index contributed by atoms with van der Waals surface area (Å²) in [6.07, 6.45) is 0.680. The summed E-state index contributed by atoms with van der Waals surface area (Å²) >= 11 is 0. The first-order chi connectivity index (χ1) is 13.8. The number of phenolic OH excluding ortho intramolecular Hbond substituents is 2. The number of ether oxygens (including phenoxy) is 2. The van der Waals surface area contributed by atoms with Crippen LogP contribution in [0.4, 0.5) is 0 Å². The van der Waals surface area contributed by atoms with Gasteiger partial charge in [0, 0.05) is 44.0 Å². The molecule has 0 saturated carbocycles. The Balaban J connectivity index is 2.64. The van der Waals surface area contributed by atoms with Gasteiger partial charge in [0.1, 0.15) is 11.5 Å². The van der Waals surface area contributed by atoms with Crippen LogP contribution in [0.25, 0.3) is 0 Å². The summed E-state index contributed by atoms with van der Waals surface area (Å²) < 4.78 is 10.5. The van der Waals surface area contributed by atoms with E-state index in [9.17, 15) is 20.4 Å². The van der Waals surface area contributed by atoms with Crippen molar-refractivity contribution >= 4 is 0 Å². The van der Waals surface area contributed by atoms with Crippen molar-refractivity contribution in [3.63, 3.8) is 0 Å². The van der Waals surface area contributed by atoms with Crippen molar-refractivity contribution < 1.29 is 29.9 Å². The lowest BCUT2D eigenvalue weighted by atomic mass is 9.75. The first kappa shape index (κ1) is 23.2. The van der Waals surface area contributed by atoms with Crippen molar-refractivity contribution in [3.8, 4) is 11.5 Å². The van der Waals surface area contributed by atoms with Gasteiger partial charge in [-0.25, -0.2) is 0 Å². The average molecular weight is 405 g/mol. The van der Waals surface area contributed by atoms with Gasteiger partial charge in [-0.3, -0.25) is 0 Å². The number of benzene rings is 2. The molecule has 0 saturated heterocycles. The van der Waals surface area contributed by atoms with Crippen molar-refractivity contribution in [2.45, 2.75) is 45.3 Å². The Morgan fingerprint density at radius 1 is 0.690 bits per heavy atom. The summed E-state index contributed by atoms with van der Waals surface area (Å²) in [5.74, 6) is 0.291. The van der Waals surface area contributed by atoms with E-state index in [1.807, 2.05) is 24.3 Å². The summed E-state index contributed by atoms with van der Waals surface area (Å²) in [6.45, 7) is 4.50. The maximum Gasteiger partial charge on any atom is 0.124 e. The zero-order valence-corrected chi connectivity index (χ0v) is 17.7. The number of rotatable bonds is 10. The van der Waals surface area contributed by atoms with Gasteiger partial charge in [0.05, 0.1) is 13.2 Å². The SMILES string of the molecule is COCc1cc(C(C)(C)c2cc(CCO)c(O)c(COC)c2)cc(CCO)c1O. The lowest BCUT2D eigenvalue weighted by molar-refractivity contribution is 0.181. The summed E-state index contributed by atoms with van der Waals surface area (Å²) in [5.41, 5.74) is 4.08. The molecule has 0 aliphatic rings. The van der Waals surface area contributed by atoms with Crippen LogP contribution in [-0.2, 0) is 40.9 Å². The summed E-state index contributed by atoms with van der Waals surface area (Å²) in [4.78, 5) is 0. The minimum absolute atomic E-state index is 0.0677. The van der Waals surface area contributed by atoms with Crippen LogP contribution in [0.15, 0.2) is 24.3 Å². The van der Waals surface area contributed by atoms with E-state index in [4.69, 9.17) is 9.47 Å². The minimum atomic E-state index is -0.471. The molecule has 4 N–H and O–H groups in total. The highest BCUT2D eigenvalue weighted by Crippen LogP contribution is 2.39. The topological polar surface area (TPSA) is 99.4 Å². The fraction of sp³-hybridized carbons (Fsp3) is 0.478. The van der Waals surface area contributed by atoms with Crippen LogP contribution in [0.1, 0.15) is 47.2 Å². The number of aromatic hydroxyl groups is 2. The summed E-state index contributed by atoms with van der Waals surface area (Å²) in [5, 5.41) is 39.8. The van der Waals surface area contributed by atoms with Crippen LogP contribution in [0.3, 0.4) is 0 Å². The number of methoxy groups -OCH3 is 2. The van der Waals surface area contributed by atoms with Gasteiger partial charge in [0.25, 0.3) is 0 Å². The molecular formula is C23H32O6. The molecule has 2 aromatic carbocycles. The van der Waals surface area contributed by atoms with Crippen molar-refractivity contribution in [3.05, 3.63) is 57.6 Å². The van der Waals surface area contributed by atoms with Crippen LogP contribution < -0.4 is 0 Å². The van der Waals surface area contributed by atoms with Crippen LogP contribution in [0.2, 0.25) is 0 Å². The molecular weight excluding hydrogens is 372 g/mol. The highest BCUT2D eigenvalue weighted by atomic mass is 16.5. The molecule has 6 heteroatoms. The molecule has 0 aromatic heterocycles. The lowest BCUT2D eigenvalue weighted by Crippen LogP contribution is -2.21. The number of hydrogen-bond acceptors (Lipinski definition) is 6. The Kier molecular flexibility index (Phi) is 8.05. The molecule has 0 unspecified atom stereocenters. The maximum atomic E-state index is 10.5. The molecule has 0 bridgehead atoms. The quantitative estimate of drug-likeness (QED) is 0.486. The fourth-order valence-electron chi connectivity index (χ4n) is 3.56. The van der Waals surface area contributed by atoms with Gasteiger partial charge in [-0.05, 0) is 47.2 Å². The maximum absolute atomic E-state index is 10.5. The third kappa shape index (κ3) is 5.08. The Hall–Kier alpha value is -2.12. The van der Waals surface area contributed by atoms with E-state index in [2.05, 4.69) is 13.8 Å². The van der Waals surface area contributed by atoms with Crippen LogP contribution in [0.5, 0.6) is 11.5 Å². The van der Waals surface area contributed by atoms with Crippen molar-refractivity contribution in [2.75, 3.05) is 27.4 Å². The molecule has 0 fully saturated rings. The van der Waals surface area contributed by atoms with Gasteiger partial charge in [-0.15, -0.1) is 0 Å². The Bertz CT molecular complexity index is 707. The zero-order chi connectivity index (χ0) is 21.6. The number of phenols is 2. The second kappa shape index (κ2) is 10.1. The van der Waals surface area contributed by atoms with E-state index >= 15 is 0 Å². The van der Waals surface area contributed by atoms with E-state index in [0.29, 0.717) is 35.1 Å². The number of aliphatic hydroxyl groups excluding tert-OH is 2. The smallest absolute Gasteiger partial charge is 0.124 e. The number of aliphatic hydroxyl groups is 2. The van der Waals surface area contributed by atoms with Crippen LogP contribution in [-0.4, -0.2) is 47.9 Å². The summed E-state index contributed by atoms with van der Waals surface area (Å²) in [6, 6.07) is 7.63. The van der Waals surface area contributed by atoms with Crippen LogP contribution in [0, 0.1) is 0 Å². The minimum Gasteiger partial charge on any atom is -0.507 e. The van der Waals surface area contributed by atoms with E-state index in [0.717, 1.165) is 11.1 Å². The zero-order valence-electron chi connectivity index (χ0n) is 17.7. The van der Waals surface area contributed by atoms with Gasteiger partial charge in [-0.2, -0.15) is 0 Å². The lowest BCUT2D eigenvalue weighted by Gasteiger charge is -2.29. The van der Waals surface area contributed by atoms with Crippen molar-refractivity contribution in [2.24, 2.45) is 0 Å². The Morgan fingerprint density at radius 3 is 1.34 bits per heavy atom. The first-order valence-corrected chi connectivity index (χ1v) is 9.70. The second-order valence-corrected chi connectivity index (χ2v) is 7.72. The molecule has 0 amide bonds. The fourth-order valence-corrected chi connectivity index (χ4v) is 3.56. The standard InChI is InChI=1S/C23H32O6/c1-23(2,19-9-15(5-7-24)21(26)17(11-19)13-28-3)20-10-16(6-8-25)22(27)18(12-20)14-29-4/h9-12,24-27H,5-8,13-14H2,1-4H3. The van der Waals surface area contributed by atoms with Crippen molar-refractivity contribution in [1.29, 1.82) is 0 Å². The van der Waals surface area contributed by atoms with Gasteiger partial charge >= 0.3 is 0 Å². The highest BCUT2D eigenvalue weighted by molar-refractivity contribution is 5.52. The monoisotopic (exact) mass is 404 g/mol. The van der Waals surface area contributed by atoms with Gasteiger partial charge in [0.15, 0.2) is 0 Å². The van der Waals surface area contributed by atoms with Crippen LogP contribution >= 0.6 is 0 Å². The number of hydrogen-bond donors (Lipinski definition) is 4. The molecule has 0 heterocycles. The van der Waals surface area contributed by atoms with E-state index < -0.39 is 5.41 Å². The molecule has 2 aromatic rings. The Morgan fingerprint density at radius 2 is 1.03 bits per heavy atom. The van der Waals surface area contributed by atoms with E-state index in [1.54, 1.807) is 14.2 Å². The molecule has 0 radical (unpaired) electrons. The highest BCUT2D eigenvalue weighted by Gasteiger charge is 2.27. The largest absolute Gasteiger partial charge is 0.507 e. The second-order valence-electron chi connectivity index (χ2n) is 7.72. The summed E-state index contributed by atoms with van der Waals surface area (Å²) in [7, 11) is 3.14. The molecule has 0 aliphatic heterocycles. The average Bonchev–Trinajstić information content (AvgIpc) is 2.68. The molecule has 2 rings (SSSR count). The predicted molar refractivity (Wildman–Crippen MR) is 111 cm³/mol.